The largest absolute Gasteiger partial charge is 0.493 e. The Hall–Kier alpha value is -3.09. The van der Waals surface area contributed by atoms with Crippen LogP contribution in [0.4, 0.5) is 0 Å². The Labute approximate surface area is 176 Å². The van der Waals surface area contributed by atoms with Crippen LogP contribution in [0, 0.1) is 12.8 Å². The summed E-state index contributed by atoms with van der Waals surface area (Å²) in [5.74, 6) is 2.22. The third kappa shape index (κ3) is 4.56. The molecule has 4 rings (SSSR count). The van der Waals surface area contributed by atoms with Crippen molar-refractivity contribution in [3.05, 3.63) is 64.1 Å². The lowest BCUT2D eigenvalue weighted by atomic mass is 9.90. The quantitative estimate of drug-likeness (QED) is 0.594. The fraction of sp³-hybridized carbons (Fsp3) is 0.435. The maximum absolute atomic E-state index is 12.3. The van der Waals surface area contributed by atoms with Gasteiger partial charge < -0.3 is 9.47 Å². The molecular weight excluding hydrogens is 380 g/mol. The average Bonchev–Trinajstić information content (AvgIpc) is 3.10. The number of benzene rings is 2. The third-order valence-corrected chi connectivity index (χ3v) is 5.73. The average molecular weight is 409 g/mol. The van der Waals surface area contributed by atoms with Crippen molar-refractivity contribution in [3.8, 4) is 17.2 Å². The maximum atomic E-state index is 12.3. The fourth-order valence-electron chi connectivity index (χ4n) is 3.91. The molecule has 1 fully saturated rings. The van der Waals surface area contributed by atoms with Gasteiger partial charge in [0.1, 0.15) is 18.1 Å². The molecule has 0 spiro atoms. The minimum Gasteiger partial charge on any atom is -0.493 e. The minimum atomic E-state index is -0.292. The van der Waals surface area contributed by atoms with Crippen LogP contribution in [0.5, 0.6) is 11.5 Å². The van der Waals surface area contributed by atoms with Gasteiger partial charge in [-0.15, -0.1) is 0 Å². The van der Waals surface area contributed by atoms with Gasteiger partial charge in [-0.3, -0.25) is 0 Å². The van der Waals surface area contributed by atoms with Gasteiger partial charge in [0.2, 0.25) is 0 Å². The molecule has 1 heterocycles. The normalized spacial score (nSPS) is 14.6. The van der Waals surface area contributed by atoms with E-state index < -0.39 is 0 Å². The third-order valence-electron chi connectivity index (χ3n) is 5.73. The highest BCUT2D eigenvalue weighted by atomic mass is 16.5. The number of aromatic nitrogens is 4. The molecule has 0 N–H and O–H groups in total. The van der Waals surface area contributed by atoms with Gasteiger partial charge >= 0.3 is 5.69 Å². The highest BCUT2D eigenvalue weighted by Crippen LogP contribution is 2.27. The van der Waals surface area contributed by atoms with Gasteiger partial charge in [-0.2, -0.15) is 9.36 Å². The molecule has 1 aliphatic carbocycles. The number of nitrogens with zero attached hydrogens (tertiary/aromatic N) is 4. The lowest BCUT2D eigenvalue weighted by molar-refractivity contribution is 0.207. The monoisotopic (exact) mass is 408 g/mol. The summed E-state index contributed by atoms with van der Waals surface area (Å²) in [6, 6.07) is 13.5. The molecule has 0 saturated heterocycles. The lowest BCUT2D eigenvalue weighted by Gasteiger charge is -2.21. The van der Waals surface area contributed by atoms with Crippen LogP contribution in [0.1, 0.15) is 43.2 Å². The smallest absolute Gasteiger partial charge is 0.368 e. The van der Waals surface area contributed by atoms with E-state index in [-0.39, 0.29) is 5.69 Å². The first kappa shape index (κ1) is 20.2. The molecule has 7 heteroatoms. The first-order chi connectivity index (χ1) is 14.6. The molecular formula is C23H28N4O3. The van der Waals surface area contributed by atoms with Crippen LogP contribution in [-0.2, 0) is 13.7 Å². The van der Waals surface area contributed by atoms with Gasteiger partial charge in [-0.1, -0.05) is 37.5 Å². The molecule has 0 aliphatic heterocycles. The van der Waals surface area contributed by atoms with Crippen LogP contribution < -0.4 is 15.2 Å². The zero-order valence-corrected chi connectivity index (χ0v) is 17.6. The highest BCUT2D eigenvalue weighted by Gasteiger charge is 2.15. The van der Waals surface area contributed by atoms with Gasteiger partial charge in [-0.05, 0) is 59.9 Å². The van der Waals surface area contributed by atoms with Crippen molar-refractivity contribution in [2.24, 2.45) is 13.0 Å². The van der Waals surface area contributed by atoms with Gasteiger partial charge in [0.15, 0.2) is 0 Å². The van der Waals surface area contributed by atoms with Crippen molar-refractivity contribution in [3.63, 3.8) is 0 Å². The maximum Gasteiger partial charge on any atom is 0.368 e. The minimum absolute atomic E-state index is 0.292. The molecule has 0 radical (unpaired) electrons. The van der Waals surface area contributed by atoms with E-state index in [9.17, 15) is 4.79 Å². The van der Waals surface area contributed by atoms with E-state index in [1.807, 2.05) is 49.4 Å². The first-order valence-electron chi connectivity index (χ1n) is 10.6. The second-order valence-electron chi connectivity index (χ2n) is 7.95. The van der Waals surface area contributed by atoms with E-state index >= 15 is 0 Å². The summed E-state index contributed by atoms with van der Waals surface area (Å²) in [4.78, 5) is 12.3. The van der Waals surface area contributed by atoms with E-state index in [0.29, 0.717) is 18.2 Å². The molecule has 30 heavy (non-hydrogen) atoms. The van der Waals surface area contributed by atoms with Crippen molar-refractivity contribution in [2.45, 2.75) is 45.6 Å². The van der Waals surface area contributed by atoms with Crippen molar-refractivity contribution in [2.75, 3.05) is 6.61 Å². The van der Waals surface area contributed by atoms with Crippen molar-refractivity contribution >= 4 is 0 Å². The lowest BCUT2D eigenvalue weighted by Crippen LogP contribution is -2.23. The van der Waals surface area contributed by atoms with Crippen LogP contribution in [0.3, 0.4) is 0 Å². The molecule has 1 saturated carbocycles. The zero-order valence-electron chi connectivity index (χ0n) is 17.6. The summed E-state index contributed by atoms with van der Waals surface area (Å²) in [6.07, 6.45) is 6.49. The van der Waals surface area contributed by atoms with Crippen molar-refractivity contribution in [1.29, 1.82) is 0 Å². The number of aryl methyl sites for hydroxylation is 2. The Morgan fingerprint density at radius 1 is 1.00 bits per heavy atom. The first-order valence-corrected chi connectivity index (χ1v) is 10.6. The van der Waals surface area contributed by atoms with E-state index in [2.05, 4.69) is 10.4 Å². The Morgan fingerprint density at radius 3 is 2.47 bits per heavy atom. The van der Waals surface area contributed by atoms with E-state index in [1.54, 1.807) is 7.05 Å². The number of hydrogen-bond acceptors (Lipinski definition) is 5. The van der Waals surface area contributed by atoms with Gasteiger partial charge in [0.05, 0.1) is 12.3 Å². The Kier molecular flexibility index (Phi) is 6.16. The molecule has 0 amide bonds. The van der Waals surface area contributed by atoms with Crippen LogP contribution >= 0.6 is 0 Å². The van der Waals surface area contributed by atoms with E-state index in [4.69, 9.17) is 9.47 Å². The molecule has 0 unspecified atom stereocenters. The Balaban J connectivity index is 1.46. The summed E-state index contributed by atoms with van der Waals surface area (Å²) in [7, 11) is 1.58. The van der Waals surface area contributed by atoms with Gasteiger partial charge in [0.25, 0.3) is 0 Å². The zero-order chi connectivity index (χ0) is 20.9. The van der Waals surface area contributed by atoms with Gasteiger partial charge in [0, 0.05) is 18.7 Å². The van der Waals surface area contributed by atoms with Crippen molar-refractivity contribution < 1.29 is 9.47 Å². The predicted octanol–water partition coefficient (Wildman–Crippen LogP) is 3.81. The molecule has 1 aliphatic rings. The number of ether oxygens (including phenoxy) is 2. The van der Waals surface area contributed by atoms with Crippen LogP contribution in [0.2, 0.25) is 0 Å². The summed E-state index contributed by atoms with van der Waals surface area (Å²) in [5, 5.41) is 7.78. The molecule has 0 bridgehead atoms. The second-order valence-corrected chi connectivity index (χ2v) is 7.95. The Morgan fingerprint density at radius 2 is 1.73 bits per heavy atom. The van der Waals surface area contributed by atoms with E-state index in [0.717, 1.165) is 29.2 Å². The highest BCUT2D eigenvalue weighted by molar-refractivity contribution is 5.45. The standard InChI is InChI=1S/C23H28N4O3/c1-17-8-6-13-22(27-23(28)26(2)24-25-27)21(17)16-30-20-12-7-11-19(14-20)29-15-18-9-4-3-5-10-18/h6-8,11-14,18H,3-5,9-10,15-16H2,1-2H3. The summed E-state index contributed by atoms with van der Waals surface area (Å²) < 4.78 is 14.6. The summed E-state index contributed by atoms with van der Waals surface area (Å²) >= 11 is 0. The van der Waals surface area contributed by atoms with Crippen LogP contribution in [0.15, 0.2) is 47.3 Å². The fourth-order valence-corrected chi connectivity index (χ4v) is 3.91. The predicted molar refractivity (Wildman–Crippen MR) is 114 cm³/mol. The number of hydrogen-bond donors (Lipinski definition) is 0. The molecule has 0 atom stereocenters. The summed E-state index contributed by atoms with van der Waals surface area (Å²) in [6.45, 7) is 3.07. The number of rotatable bonds is 7. The molecule has 158 valence electrons. The molecule has 1 aromatic heterocycles. The second kappa shape index (κ2) is 9.15. The molecule has 7 nitrogen and oxygen atoms in total. The number of tetrazole rings is 1. The topological polar surface area (TPSA) is 71.2 Å². The summed E-state index contributed by atoms with van der Waals surface area (Å²) in [5.41, 5.74) is 2.31. The van der Waals surface area contributed by atoms with Gasteiger partial charge in [-0.25, -0.2) is 4.79 Å². The Bertz CT molecular complexity index is 1050. The molecule has 3 aromatic rings. The van der Waals surface area contributed by atoms with Crippen molar-refractivity contribution in [1.82, 2.24) is 19.8 Å². The molecule has 2 aromatic carbocycles. The van der Waals surface area contributed by atoms with E-state index in [1.165, 1.54) is 41.5 Å². The SMILES string of the molecule is Cc1cccc(-n2nnn(C)c2=O)c1COc1cccc(OCC2CCCCC2)c1. The van der Waals surface area contributed by atoms with Crippen LogP contribution in [0.25, 0.3) is 5.69 Å². The van der Waals surface area contributed by atoms with Crippen LogP contribution in [-0.4, -0.2) is 26.4 Å².